The minimum atomic E-state index is 0.659. The Morgan fingerprint density at radius 1 is 0.966 bits per heavy atom. The van der Waals surface area contributed by atoms with Gasteiger partial charge in [0, 0.05) is 54.7 Å². The largest absolute Gasteiger partial charge is 0.367 e. The first-order valence-corrected chi connectivity index (χ1v) is 10.3. The molecule has 3 aromatic heterocycles. The van der Waals surface area contributed by atoms with E-state index in [1.165, 1.54) is 16.8 Å². The van der Waals surface area contributed by atoms with Crippen LogP contribution in [0.4, 0.5) is 11.5 Å². The number of aromatic nitrogens is 5. The van der Waals surface area contributed by atoms with E-state index in [1.54, 1.807) is 6.33 Å². The molecule has 0 aliphatic carbocycles. The molecule has 5 rings (SSSR count). The van der Waals surface area contributed by atoms with Crippen molar-refractivity contribution in [1.29, 1.82) is 0 Å². The van der Waals surface area contributed by atoms with Crippen molar-refractivity contribution in [3.63, 3.8) is 0 Å². The Morgan fingerprint density at radius 2 is 1.76 bits per heavy atom. The highest BCUT2D eigenvalue weighted by atomic mass is 15.4. The lowest BCUT2D eigenvalue weighted by atomic mass is 10.1. The number of piperazine rings is 1. The number of anilines is 2. The maximum Gasteiger partial charge on any atom is 0.254 e. The summed E-state index contributed by atoms with van der Waals surface area (Å²) < 4.78 is 1.84. The molecule has 1 aromatic carbocycles. The molecule has 0 spiro atoms. The smallest absolute Gasteiger partial charge is 0.254 e. The molecule has 1 fully saturated rings. The van der Waals surface area contributed by atoms with Gasteiger partial charge in [-0.2, -0.15) is 14.6 Å². The van der Waals surface area contributed by atoms with Crippen LogP contribution in [-0.2, 0) is 6.42 Å². The molecule has 29 heavy (non-hydrogen) atoms. The van der Waals surface area contributed by atoms with Gasteiger partial charge in [0.2, 0.25) is 0 Å². The van der Waals surface area contributed by atoms with Gasteiger partial charge in [-0.05, 0) is 25.5 Å². The van der Waals surface area contributed by atoms with Crippen molar-refractivity contribution in [1.82, 2.24) is 24.6 Å². The molecule has 4 aromatic rings. The fourth-order valence-corrected chi connectivity index (χ4v) is 4.17. The van der Waals surface area contributed by atoms with E-state index >= 15 is 0 Å². The van der Waals surface area contributed by atoms with Crippen LogP contribution in [0.3, 0.4) is 0 Å². The van der Waals surface area contributed by atoms with E-state index in [-0.39, 0.29) is 0 Å². The Balaban J connectivity index is 1.44. The van der Waals surface area contributed by atoms with Crippen LogP contribution in [0.2, 0.25) is 0 Å². The molecule has 1 saturated heterocycles. The third-order valence-electron chi connectivity index (χ3n) is 5.56. The Hall–Kier alpha value is -3.22. The van der Waals surface area contributed by atoms with Gasteiger partial charge in [0.25, 0.3) is 5.78 Å². The number of hydrogen-bond donors (Lipinski definition) is 0. The van der Waals surface area contributed by atoms with Crippen LogP contribution in [0, 0.1) is 6.92 Å². The molecule has 0 atom stereocenters. The van der Waals surface area contributed by atoms with E-state index in [9.17, 15) is 0 Å². The summed E-state index contributed by atoms with van der Waals surface area (Å²) in [6.07, 6.45) is 3.69. The fourth-order valence-electron chi connectivity index (χ4n) is 4.17. The van der Waals surface area contributed by atoms with E-state index in [0.29, 0.717) is 5.78 Å². The van der Waals surface area contributed by atoms with Gasteiger partial charge in [0.1, 0.15) is 12.1 Å². The topological polar surface area (TPSA) is 62.5 Å². The van der Waals surface area contributed by atoms with Crippen LogP contribution < -0.4 is 9.80 Å². The van der Waals surface area contributed by atoms with Gasteiger partial charge in [-0.3, -0.25) is 4.98 Å². The average Bonchev–Trinajstić information content (AvgIpc) is 3.21. The highest BCUT2D eigenvalue weighted by Crippen LogP contribution is 2.29. The van der Waals surface area contributed by atoms with Crippen molar-refractivity contribution < 1.29 is 0 Å². The first-order chi connectivity index (χ1) is 14.2. The zero-order chi connectivity index (χ0) is 19.8. The summed E-state index contributed by atoms with van der Waals surface area (Å²) in [4.78, 5) is 18.4. The van der Waals surface area contributed by atoms with Crippen LogP contribution in [0.5, 0.6) is 0 Å². The molecule has 0 saturated carbocycles. The Morgan fingerprint density at radius 3 is 2.59 bits per heavy atom. The van der Waals surface area contributed by atoms with Crippen LogP contribution in [0.15, 0.2) is 42.7 Å². The molecule has 0 unspecified atom stereocenters. The van der Waals surface area contributed by atoms with Crippen molar-refractivity contribution in [2.75, 3.05) is 36.0 Å². The maximum absolute atomic E-state index is 4.86. The quantitative estimate of drug-likeness (QED) is 0.536. The maximum atomic E-state index is 4.86. The summed E-state index contributed by atoms with van der Waals surface area (Å²) >= 11 is 0. The zero-order valence-corrected chi connectivity index (χ0v) is 16.9. The number of rotatable bonds is 4. The highest BCUT2D eigenvalue weighted by Gasteiger charge is 2.22. The van der Waals surface area contributed by atoms with Crippen molar-refractivity contribution in [3.8, 4) is 0 Å². The normalized spacial score (nSPS) is 14.8. The first kappa shape index (κ1) is 17.8. The van der Waals surface area contributed by atoms with Crippen LogP contribution in [0.1, 0.15) is 24.7 Å². The van der Waals surface area contributed by atoms with Crippen molar-refractivity contribution >= 4 is 28.2 Å². The fraction of sp³-hybridized carbons (Fsp3) is 0.364. The van der Waals surface area contributed by atoms with Crippen molar-refractivity contribution in [3.05, 3.63) is 54.1 Å². The summed E-state index contributed by atoms with van der Waals surface area (Å²) in [6, 6.07) is 12.9. The first-order valence-electron chi connectivity index (χ1n) is 10.3. The Labute approximate surface area is 170 Å². The third kappa shape index (κ3) is 3.26. The molecule has 0 amide bonds. The molecule has 0 N–H and O–H groups in total. The number of nitrogens with zero attached hydrogens (tertiary/aromatic N) is 7. The van der Waals surface area contributed by atoms with Crippen LogP contribution in [-0.4, -0.2) is 50.7 Å². The molecule has 7 nitrogen and oxygen atoms in total. The number of benzene rings is 1. The molecule has 148 valence electrons. The van der Waals surface area contributed by atoms with Crippen LogP contribution in [0.25, 0.3) is 16.7 Å². The molecule has 0 bridgehead atoms. The standard InChI is InChI=1S/C22H25N7/c1-3-6-17-14-20(18-7-4-5-8-19(18)26-17)27-9-11-28(12-10-27)21-13-16(2)25-22-23-15-24-29(21)22/h4-5,7-8,13-15H,3,6,9-12H2,1-2H3. The number of aryl methyl sites for hydroxylation is 2. The number of fused-ring (bicyclic) bond motifs is 2. The second-order valence-corrected chi connectivity index (χ2v) is 7.60. The molecule has 0 radical (unpaired) electrons. The summed E-state index contributed by atoms with van der Waals surface area (Å²) in [7, 11) is 0. The summed E-state index contributed by atoms with van der Waals surface area (Å²) in [5.74, 6) is 1.72. The van der Waals surface area contributed by atoms with Gasteiger partial charge < -0.3 is 9.80 Å². The molecule has 7 heteroatoms. The summed E-state index contributed by atoms with van der Waals surface area (Å²) in [5, 5.41) is 5.60. The molecule has 1 aliphatic heterocycles. The van der Waals surface area contributed by atoms with Gasteiger partial charge in [-0.25, -0.2) is 4.98 Å². The van der Waals surface area contributed by atoms with E-state index in [4.69, 9.17) is 4.98 Å². The number of pyridine rings is 1. The predicted molar refractivity (Wildman–Crippen MR) is 116 cm³/mol. The van der Waals surface area contributed by atoms with E-state index in [2.05, 4.69) is 68.2 Å². The van der Waals surface area contributed by atoms with Gasteiger partial charge in [0.05, 0.1) is 5.52 Å². The van der Waals surface area contributed by atoms with E-state index < -0.39 is 0 Å². The van der Waals surface area contributed by atoms with Gasteiger partial charge in [-0.15, -0.1) is 0 Å². The van der Waals surface area contributed by atoms with Crippen molar-refractivity contribution in [2.45, 2.75) is 26.7 Å². The Kier molecular flexibility index (Phi) is 4.50. The monoisotopic (exact) mass is 387 g/mol. The van der Waals surface area contributed by atoms with Gasteiger partial charge >= 0.3 is 0 Å². The average molecular weight is 387 g/mol. The van der Waals surface area contributed by atoms with Gasteiger partial charge in [0.15, 0.2) is 0 Å². The SMILES string of the molecule is CCCc1cc(N2CCN(c3cc(C)nc4ncnn34)CC2)c2ccccc2n1. The second kappa shape index (κ2) is 7.31. The summed E-state index contributed by atoms with van der Waals surface area (Å²) in [6.45, 7) is 7.98. The highest BCUT2D eigenvalue weighted by molar-refractivity contribution is 5.92. The van der Waals surface area contributed by atoms with E-state index in [1.807, 2.05) is 11.4 Å². The zero-order valence-electron chi connectivity index (χ0n) is 16.9. The van der Waals surface area contributed by atoms with E-state index in [0.717, 1.165) is 56.0 Å². The van der Waals surface area contributed by atoms with Gasteiger partial charge in [-0.1, -0.05) is 31.5 Å². The lowest BCUT2D eigenvalue weighted by molar-refractivity contribution is 0.639. The predicted octanol–water partition coefficient (Wildman–Crippen LogP) is 3.26. The molecular weight excluding hydrogens is 362 g/mol. The third-order valence-corrected chi connectivity index (χ3v) is 5.56. The lowest BCUT2D eigenvalue weighted by Crippen LogP contribution is -2.47. The lowest BCUT2D eigenvalue weighted by Gasteiger charge is -2.37. The Bertz CT molecular complexity index is 1160. The minimum Gasteiger partial charge on any atom is -0.367 e. The molecular formula is C22H25N7. The molecule has 4 heterocycles. The second-order valence-electron chi connectivity index (χ2n) is 7.60. The minimum absolute atomic E-state index is 0.659. The molecule has 1 aliphatic rings. The van der Waals surface area contributed by atoms with Crippen molar-refractivity contribution in [2.24, 2.45) is 0 Å². The summed E-state index contributed by atoms with van der Waals surface area (Å²) in [5.41, 5.74) is 4.53. The number of hydrogen-bond acceptors (Lipinski definition) is 6. The number of para-hydroxylation sites is 1. The van der Waals surface area contributed by atoms with Crippen LogP contribution >= 0.6 is 0 Å².